The van der Waals surface area contributed by atoms with Gasteiger partial charge >= 0.3 is 0 Å². The van der Waals surface area contributed by atoms with E-state index in [-0.39, 0.29) is 0 Å². The van der Waals surface area contributed by atoms with E-state index in [2.05, 4.69) is 58.0 Å². The molecule has 1 aromatic carbocycles. The van der Waals surface area contributed by atoms with E-state index in [0.29, 0.717) is 0 Å². The maximum absolute atomic E-state index is 3.45. The maximum atomic E-state index is 3.45. The topological polar surface area (TPSA) is 4.93 Å². The van der Waals surface area contributed by atoms with Crippen LogP contribution in [-0.2, 0) is 0 Å². The minimum Gasteiger partial charge on any atom is -0.324 e. The molecule has 0 aliphatic carbocycles. The summed E-state index contributed by atoms with van der Waals surface area (Å²) in [5, 5.41) is 0. The zero-order valence-electron chi connectivity index (χ0n) is 7.37. The van der Waals surface area contributed by atoms with Crippen LogP contribution >= 0.6 is 15.9 Å². The highest BCUT2D eigenvalue weighted by Crippen LogP contribution is 2.19. The molecule has 13 heavy (non-hydrogen) atoms. The molecule has 66 valence electrons. The number of aromatic nitrogens is 1. The van der Waals surface area contributed by atoms with E-state index < -0.39 is 0 Å². The lowest BCUT2D eigenvalue weighted by atomic mass is 10.2. The van der Waals surface area contributed by atoms with Gasteiger partial charge < -0.3 is 4.57 Å². The molecule has 0 atom stereocenters. The Morgan fingerprint density at radius 3 is 2.46 bits per heavy atom. The molecule has 0 amide bonds. The van der Waals surface area contributed by atoms with Crippen LogP contribution in [0.4, 0.5) is 0 Å². The van der Waals surface area contributed by atoms with Gasteiger partial charge in [-0.05, 0) is 42.8 Å². The lowest BCUT2D eigenvalue weighted by Crippen LogP contribution is -1.92. The summed E-state index contributed by atoms with van der Waals surface area (Å²) >= 11 is 3.45. The molecule has 0 saturated heterocycles. The first-order valence-electron chi connectivity index (χ1n) is 4.17. The highest BCUT2D eigenvalue weighted by molar-refractivity contribution is 9.10. The summed E-state index contributed by atoms with van der Waals surface area (Å²) in [4.78, 5) is 0. The average Bonchev–Trinajstić information content (AvgIpc) is 2.56. The van der Waals surface area contributed by atoms with Crippen LogP contribution < -0.4 is 0 Å². The van der Waals surface area contributed by atoms with E-state index in [0.717, 1.165) is 4.47 Å². The summed E-state index contributed by atoms with van der Waals surface area (Å²) in [6, 6.07) is 10.3. The molecule has 0 fully saturated rings. The lowest BCUT2D eigenvalue weighted by Gasteiger charge is -2.06. The largest absolute Gasteiger partial charge is 0.324 e. The predicted molar refractivity (Wildman–Crippen MR) is 58.2 cm³/mol. The molecule has 0 unspecified atom stereocenters. The molecule has 0 bridgehead atoms. The lowest BCUT2D eigenvalue weighted by molar-refractivity contribution is 1.06. The van der Waals surface area contributed by atoms with Crippen LogP contribution in [-0.4, -0.2) is 4.57 Å². The fraction of sp³-hybridized carbons (Fsp3) is 0.0909. The zero-order valence-corrected chi connectivity index (χ0v) is 8.95. The summed E-state index contributed by atoms with van der Waals surface area (Å²) in [6.07, 6.45) is 4.10. The molecule has 1 heterocycles. The molecule has 1 nitrogen and oxygen atoms in total. The van der Waals surface area contributed by atoms with E-state index >= 15 is 0 Å². The minimum absolute atomic E-state index is 1.13. The molecule has 2 aromatic rings. The fourth-order valence-electron chi connectivity index (χ4n) is 1.40. The molecule has 0 saturated carbocycles. The van der Waals surface area contributed by atoms with Crippen molar-refractivity contribution in [1.29, 1.82) is 0 Å². The maximum Gasteiger partial charge on any atom is 0.0479 e. The van der Waals surface area contributed by atoms with Crippen LogP contribution in [0.15, 0.2) is 47.2 Å². The number of benzene rings is 1. The van der Waals surface area contributed by atoms with Gasteiger partial charge in [0.05, 0.1) is 0 Å². The Hall–Kier alpha value is -1.02. The second kappa shape index (κ2) is 3.38. The quantitative estimate of drug-likeness (QED) is 0.713. The molecule has 2 heteroatoms. The van der Waals surface area contributed by atoms with Gasteiger partial charge in [-0.1, -0.05) is 15.9 Å². The van der Waals surface area contributed by atoms with Gasteiger partial charge in [0.1, 0.15) is 0 Å². The molecule has 0 aliphatic rings. The van der Waals surface area contributed by atoms with Gasteiger partial charge in [0.15, 0.2) is 0 Å². The van der Waals surface area contributed by atoms with Crippen molar-refractivity contribution in [1.82, 2.24) is 4.57 Å². The van der Waals surface area contributed by atoms with Gasteiger partial charge in [0.2, 0.25) is 0 Å². The summed E-state index contributed by atoms with van der Waals surface area (Å²) < 4.78 is 3.24. The van der Waals surface area contributed by atoms with E-state index in [1.165, 1.54) is 11.3 Å². The van der Waals surface area contributed by atoms with Crippen molar-refractivity contribution in [2.24, 2.45) is 0 Å². The minimum atomic E-state index is 1.13. The van der Waals surface area contributed by atoms with Crippen LogP contribution in [0, 0.1) is 6.92 Å². The van der Waals surface area contributed by atoms with Crippen molar-refractivity contribution in [2.45, 2.75) is 6.92 Å². The van der Waals surface area contributed by atoms with Crippen LogP contribution in [0.2, 0.25) is 0 Å². The third-order valence-electron chi connectivity index (χ3n) is 2.04. The molecule has 0 radical (unpaired) electrons. The first-order chi connectivity index (χ1) is 6.27. The standard InChI is InChI=1S/C11H10BrN/c1-9-8-10(12)4-5-11(9)13-6-2-3-7-13/h2-8H,1H3. The molecule has 0 spiro atoms. The van der Waals surface area contributed by atoms with Crippen LogP contribution in [0.1, 0.15) is 5.56 Å². The van der Waals surface area contributed by atoms with Crippen molar-refractivity contribution >= 4 is 15.9 Å². The Kier molecular flexibility index (Phi) is 2.23. The smallest absolute Gasteiger partial charge is 0.0479 e. The molecular weight excluding hydrogens is 226 g/mol. The Morgan fingerprint density at radius 2 is 1.85 bits per heavy atom. The third kappa shape index (κ3) is 1.68. The van der Waals surface area contributed by atoms with Crippen molar-refractivity contribution < 1.29 is 0 Å². The summed E-state index contributed by atoms with van der Waals surface area (Å²) in [5.41, 5.74) is 2.50. The van der Waals surface area contributed by atoms with E-state index in [9.17, 15) is 0 Å². The van der Waals surface area contributed by atoms with E-state index in [1.807, 2.05) is 12.1 Å². The molecule has 0 N–H and O–H groups in total. The zero-order chi connectivity index (χ0) is 9.26. The van der Waals surface area contributed by atoms with Crippen molar-refractivity contribution in [3.8, 4) is 5.69 Å². The van der Waals surface area contributed by atoms with Crippen LogP contribution in [0.3, 0.4) is 0 Å². The number of rotatable bonds is 1. The van der Waals surface area contributed by atoms with E-state index in [1.54, 1.807) is 0 Å². The van der Waals surface area contributed by atoms with Crippen LogP contribution in [0.25, 0.3) is 5.69 Å². The molecular formula is C11H10BrN. The summed E-state index contributed by atoms with van der Waals surface area (Å²) in [5.74, 6) is 0. The fourth-order valence-corrected chi connectivity index (χ4v) is 1.88. The second-order valence-electron chi connectivity index (χ2n) is 3.02. The van der Waals surface area contributed by atoms with E-state index in [4.69, 9.17) is 0 Å². The first kappa shape index (κ1) is 8.57. The Morgan fingerprint density at radius 1 is 1.15 bits per heavy atom. The molecule has 1 aromatic heterocycles. The van der Waals surface area contributed by atoms with Crippen molar-refractivity contribution in [3.05, 3.63) is 52.8 Å². The second-order valence-corrected chi connectivity index (χ2v) is 3.94. The summed E-state index contributed by atoms with van der Waals surface area (Å²) in [6.45, 7) is 2.11. The highest BCUT2D eigenvalue weighted by atomic mass is 79.9. The van der Waals surface area contributed by atoms with Gasteiger partial charge in [-0.15, -0.1) is 0 Å². The van der Waals surface area contributed by atoms with Crippen molar-refractivity contribution in [2.75, 3.05) is 0 Å². The molecule has 0 aliphatic heterocycles. The van der Waals surface area contributed by atoms with Gasteiger partial charge in [0.25, 0.3) is 0 Å². The van der Waals surface area contributed by atoms with Crippen LogP contribution in [0.5, 0.6) is 0 Å². The van der Waals surface area contributed by atoms with Gasteiger partial charge in [-0.25, -0.2) is 0 Å². The monoisotopic (exact) mass is 235 g/mol. The van der Waals surface area contributed by atoms with Gasteiger partial charge in [0, 0.05) is 22.6 Å². The average molecular weight is 236 g/mol. The number of aryl methyl sites for hydroxylation is 1. The normalized spacial score (nSPS) is 10.3. The Labute approximate surface area is 86.1 Å². The van der Waals surface area contributed by atoms with Crippen molar-refractivity contribution in [3.63, 3.8) is 0 Å². The SMILES string of the molecule is Cc1cc(Br)ccc1-n1cccc1. The first-order valence-corrected chi connectivity index (χ1v) is 4.96. The number of hydrogen-bond acceptors (Lipinski definition) is 0. The number of nitrogens with zero attached hydrogens (tertiary/aromatic N) is 1. The predicted octanol–water partition coefficient (Wildman–Crippen LogP) is 3.55. The third-order valence-corrected chi connectivity index (χ3v) is 2.53. The van der Waals surface area contributed by atoms with Gasteiger partial charge in [-0.3, -0.25) is 0 Å². The number of hydrogen-bond donors (Lipinski definition) is 0. The number of halogens is 1. The highest BCUT2D eigenvalue weighted by Gasteiger charge is 1.99. The molecule has 2 rings (SSSR count). The Bertz CT molecular complexity index is 404. The Balaban J connectivity index is 2.53. The summed E-state index contributed by atoms with van der Waals surface area (Å²) in [7, 11) is 0. The van der Waals surface area contributed by atoms with Gasteiger partial charge in [-0.2, -0.15) is 0 Å².